The minimum absolute atomic E-state index is 0.245. The molecule has 2 rings (SSSR count). The van der Waals surface area contributed by atoms with Crippen LogP contribution < -0.4 is 4.90 Å². The summed E-state index contributed by atoms with van der Waals surface area (Å²) in [5.41, 5.74) is -0.544. The highest BCUT2D eigenvalue weighted by Gasteiger charge is 2.41. The Bertz CT molecular complexity index is 442. The summed E-state index contributed by atoms with van der Waals surface area (Å²) in [7, 11) is 0. The van der Waals surface area contributed by atoms with E-state index in [1.807, 2.05) is 4.90 Å². The van der Waals surface area contributed by atoms with Crippen molar-refractivity contribution in [2.24, 2.45) is 5.41 Å². The first-order valence-electron chi connectivity index (χ1n) is 5.87. The molecule has 3 nitrogen and oxygen atoms in total. The van der Waals surface area contributed by atoms with Crippen LogP contribution in [0.25, 0.3) is 0 Å². The Kier molecular flexibility index (Phi) is 3.50. The third-order valence-electron chi connectivity index (χ3n) is 3.60. The van der Waals surface area contributed by atoms with Crippen molar-refractivity contribution in [3.05, 3.63) is 30.1 Å². The summed E-state index contributed by atoms with van der Waals surface area (Å²) in [6.07, 6.45) is 0.491. The quantitative estimate of drug-likeness (QED) is 0.902. The lowest BCUT2D eigenvalue weighted by molar-refractivity contribution is -0.151. The van der Waals surface area contributed by atoms with Crippen molar-refractivity contribution in [3.63, 3.8) is 0 Å². The fourth-order valence-electron chi connectivity index (χ4n) is 2.27. The Labute approximate surface area is 104 Å². The number of carboxylic acid groups (broad SMARTS) is 1. The van der Waals surface area contributed by atoms with Crippen LogP contribution in [0.2, 0.25) is 0 Å². The van der Waals surface area contributed by atoms with Gasteiger partial charge in [0, 0.05) is 18.8 Å². The van der Waals surface area contributed by atoms with Gasteiger partial charge in [-0.05, 0) is 31.0 Å². The van der Waals surface area contributed by atoms with E-state index in [0.717, 1.165) is 0 Å². The molecule has 1 saturated heterocycles. The maximum atomic E-state index is 13.1. The maximum absolute atomic E-state index is 13.1. The number of aliphatic carboxylic acids is 1. The first-order valence-corrected chi connectivity index (χ1v) is 5.87. The lowest BCUT2D eigenvalue weighted by atomic mass is 9.79. The highest BCUT2D eigenvalue weighted by Crippen LogP contribution is 2.34. The van der Waals surface area contributed by atoms with Crippen molar-refractivity contribution in [2.75, 3.05) is 24.7 Å². The lowest BCUT2D eigenvalue weighted by Gasteiger charge is -2.38. The number of hydrogen-bond acceptors (Lipinski definition) is 2. The summed E-state index contributed by atoms with van der Waals surface area (Å²) >= 11 is 0. The first-order chi connectivity index (χ1) is 8.57. The third kappa shape index (κ3) is 2.30. The summed E-state index contributed by atoms with van der Waals surface area (Å²) < 4.78 is 26.0. The standard InChI is InChI=1S/C13H15F2NO2/c14-9-13(12(17)18)4-6-16(7-5-13)11-3-1-2-10(15)8-11/h1-3,8H,4-7,9H2,(H,17,18). The van der Waals surface area contributed by atoms with E-state index in [-0.39, 0.29) is 18.7 Å². The van der Waals surface area contributed by atoms with Crippen molar-refractivity contribution >= 4 is 11.7 Å². The van der Waals surface area contributed by atoms with Crippen molar-refractivity contribution in [1.82, 2.24) is 0 Å². The zero-order valence-corrected chi connectivity index (χ0v) is 9.90. The molecule has 0 atom stereocenters. The Morgan fingerprint density at radius 1 is 1.39 bits per heavy atom. The summed E-state index contributed by atoms with van der Waals surface area (Å²) in [6.45, 7) is 0.0126. The van der Waals surface area contributed by atoms with E-state index in [2.05, 4.69) is 0 Å². The second kappa shape index (κ2) is 4.92. The SMILES string of the molecule is O=C(O)C1(CF)CCN(c2cccc(F)c2)CC1. The highest BCUT2D eigenvalue weighted by atomic mass is 19.1. The summed E-state index contributed by atoms with van der Waals surface area (Å²) in [6, 6.07) is 6.14. The molecule has 1 N–H and O–H groups in total. The molecule has 0 aromatic heterocycles. The van der Waals surface area contributed by atoms with E-state index >= 15 is 0 Å². The number of alkyl halides is 1. The molecule has 1 fully saturated rings. The average molecular weight is 255 g/mol. The van der Waals surface area contributed by atoms with E-state index in [4.69, 9.17) is 5.11 Å². The van der Waals surface area contributed by atoms with Gasteiger partial charge in [0.25, 0.3) is 0 Å². The van der Waals surface area contributed by atoms with E-state index in [1.165, 1.54) is 12.1 Å². The predicted octanol–water partition coefficient (Wildman–Crippen LogP) is 2.47. The summed E-state index contributed by atoms with van der Waals surface area (Å²) in [5.74, 6) is -1.41. The van der Waals surface area contributed by atoms with Gasteiger partial charge in [0.05, 0.1) is 5.41 Å². The number of carbonyl (C=O) groups is 1. The van der Waals surface area contributed by atoms with Gasteiger partial charge in [0.1, 0.15) is 12.5 Å². The fourth-order valence-corrected chi connectivity index (χ4v) is 2.27. The zero-order valence-electron chi connectivity index (χ0n) is 9.90. The molecule has 0 unspecified atom stereocenters. The first kappa shape index (κ1) is 12.8. The Balaban J connectivity index is 2.09. The van der Waals surface area contributed by atoms with Crippen molar-refractivity contribution in [1.29, 1.82) is 0 Å². The smallest absolute Gasteiger partial charge is 0.312 e. The second-order valence-corrected chi connectivity index (χ2v) is 4.69. The van der Waals surface area contributed by atoms with Crippen LogP contribution in [0, 0.1) is 11.2 Å². The monoisotopic (exact) mass is 255 g/mol. The number of piperidine rings is 1. The molecule has 0 aliphatic carbocycles. The van der Waals surface area contributed by atoms with Crippen LogP contribution in [0.3, 0.4) is 0 Å². The minimum atomic E-state index is -1.26. The zero-order chi connectivity index (χ0) is 13.2. The molecule has 1 aromatic carbocycles. The Morgan fingerprint density at radius 3 is 2.56 bits per heavy atom. The average Bonchev–Trinajstić information content (AvgIpc) is 2.38. The van der Waals surface area contributed by atoms with Gasteiger partial charge in [-0.15, -0.1) is 0 Å². The molecule has 0 saturated carbocycles. The number of nitrogens with zero attached hydrogens (tertiary/aromatic N) is 1. The molecule has 0 spiro atoms. The van der Waals surface area contributed by atoms with E-state index < -0.39 is 18.1 Å². The Hall–Kier alpha value is -1.65. The fraction of sp³-hybridized carbons (Fsp3) is 0.462. The second-order valence-electron chi connectivity index (χ2n) is 4.69. The molecular weight excluding hydrogens is 240 g/mol. The number of benzene rings is 1. The van der Waals surface area contributed by atoms with Gasteiger partial charge in [0.2, 0.25) is 0 Å². The van der Waals surface area contributed by atoms with E-state index in [0.29, 0.717) is 18.8 Å². The van der Waals surface area contributed by atoms with Gasteiger partial charge < -0.3 is 10.0 Å². The van der Waals surface area contributed by atoms with Crippen molar-refractivity contribution in [3.8, 4) is 0 Å². The van der Waals surface area contributed by atoms with Crippen molar-refractivity contribution < 1.29 is 18.7 Å². The normalized spacial score (nSPS) is 18.7. The molecule has 1 aliphatic heterocycles. The van der Waals surface area contributed by atoms with Crippen LogP contribution in [-0.4, -0.2) is 30.8 Å². The number of rotatable bonds is 3. The van der Waals surface area contributed by atoms with Crippen LogP contribution >= 0.6 is 0 Å². The van der Waals surface area contributed by atoms with Crippen LogP contribution in [0.4, 0.5) is 14.5 Å². The number of halogens is 2. The molecule has 18 heavy (non-hydrogen) atoms. The third-order valence-corrected chi connectivity index (χ3v) is 3.60. The molecular formula is C13H15F2NO2. The minimum Gasteiger partial charge on any atom is -0.481 e. The Morgan fingerprint density at radius 2 is 2.06 bits per heavy atom. The maximum Gasteiger partial charge on any atom is 0.312 e. The molecule has 1 aromatic rings. The van der Waals surface area contributed by atoms with Crippen LogP contribution in [0.5, 0.6) is 0 Å². The lowest BCUT2D eigenvalue weighted by Crippen LogP contribution is -2.45. The van der Waals surface area contributed by atoms with Crippen LogP contribution in [0.15, 0.2) is 24.3 Å². The van der Waals surface area contributed by atoms with E-state index in [1.54, 1.807) is 12.1 Å². The van der Waals surface area contributed by atoms with Gasteiger partial charge in [-0.3, -0.25) is 4.79 Å². The molecule has 0 radical (unpaired) electrons. The van der Waals surface area contributed by atoms with Gasteiger partial charge in [0.15, 0.2) is 0 Å². The van der Waals surface area contributed by atoms with Gasteiger partial charge in [-0.2, -0.15) is 0 Å². The van der Waals surface area contributed by atoms with Gasteiger partial charge in [-0.25, -0.2) is 8.78 Å². The summed E-state index contributed by atoms with van der Waals surface area (Å²) in [4.78, 5) is 13.0. The number of hydrogen-bond donors (Lipinski definition) is 1. The van der Waals surface area contributed by atoms with Gasteiger partial charge >= 0.3 is 5.97 Å². The molecule has 0 bridgehead atoms. The molecule has 0 amide bonds. The van der Waals surface area contributed by atoms with Gasteiger partial charge in [-0.1, -0.05) is 6.07 Å². The molecule has 98 valence electrons. The van der Waals surface area contributed by atoms with Crippen molar-refractivity contribution in [2.45, 2.75) is 12.8 Å². The summed E-state index contributed by atoms with van der Waals surface area (Å²) in [5, 5.41) is 9.07. The topological polar surface area (TPSA) is 40.5 Å². The van der Waals surface area contributed by atoms with E-state index in [9.17, 15) is 13.6 Å². The molecule has 5 heteroatoms. The number of anilines is 1. The molecule has 1 heterocycles. The number of carboxylic acids is 1. The predicted molar refractivity (Wildman–Crippen MR) is 63.9 cm³/mol. The largest absolute Gasteiger partial charge is 0.481 e. The molecule has 1 aliphatic rings. The highest BCUT2D eigenvalue weighted by molar-refractivity contribution is 5.75. The van der Waals surface area contributed by atoms with Crippen LogP contribution in [-0.2, 0) is 4.79 Å². The van der Waals surface area contributed by atoms with Crippen LogP contribution in [0.1, 0.15) is 12.8 Å².